The number of carbonyl (C=O) groups is 1. The highest BCUT2D eigenvalue weighted by molar-refractivity contribution is 6.84. The Morgan fingerprint density at radius 2 is 1.67 bits per heavy atom. The fraction of sp³-hybridized carbons (Fsp3) is 0.150. The van der Waals surface area contributed by atoms with Crippen LogP contribution in [0.15, 0.2) is 60.7 Å². The number of halogens is 1. The zero-order chi connectivity index (χ0) is 17.6. The van der Waals surface area contributed by atoms with E-state index in [9.17, 15) is 9.18 Å². The highest BCUT2D eigenvalue weighted by Crippen LogP contribution is 2.19. The lowest BCUT2D eigenvalue weighted by atomic mass is 10.1. The summed E-state index contributed by atoms with van der Waals surface area (Å²) in [6, 6.07) is 15.5. The highest BCUT2D eigenvalue weighted by atomic mass is 28.3. The van der Waals surface area contributed by atoms with Crippen LogP contribution in [0.2, 0.25) is 19.6 Å². The second kappa shape index (κ2) is 7.76. The quantitative estimate of drug-likeness (QED) is 0.496. The van der Waals surface area contributed by atoms with Crippen molar-refractivity contribution in [3.8, 4) is 11.5 Å². The van der Waals surface area contributed by atoms with Crippen LogP contribution in [0.1, 0.15) is 5.56 Å². The molecule has 0 aliphatic rings. The van der Waals surface area contributed by atoms with Crippen LogP contribution in [0.4, 0.5) is 10.1 Å². The van der Waals surface area contributed by atoms with Crippen molar-refractivity contribution in [2.24, 2.45) is 0 Å². The molecule has 0 atom stereocenters. The minimum atomic E-state index is -1.60. The summed E-state index contributed by atoms with van der Waals surface area (Å²) in [5.41, 5.74) is 5.28. The van der Waals surface area contributed by atoms with Crippen LogP contribution in [-0.2, 0) is 4.79 Å². The van der Waals surface area contributed by atoms with Gasteiger partial charge in [-0.1, -0.05) is 50.0 Å². The summed E-state index contributed by atoms with van der Waals surface area (Å²) >= 11 is 0. The number of benzene rings is 2. The molecule has 2 aromatic rings. The standard InChI is InChI=1S/C20H20FNOSi/c1-24(2,3)14-13-19(23)15-20(16-7-5-4-6-8-16)22-18-11-9-17(21)10-12-18/h4-12,15,22H,1-3H3/b20-15-. The largest absolute Gasteiger partial charge is 0.355 e. The third-order valence-electron chi connectivity index (χ3n) is 3.04. The summed E-state index contributed by atoms with van der Waals surface area (Å²) in [6.45, 7) is 6.27. The average molecular weight is 337 g/mol. The van der Waals surface area contributed by atoms with E-state index in [0.717, 1.165) is 5.56 Å². The number of hydrogen-bond acceptors (Lipinski definition) is 2. The Kier molecular flexibility index (Phi) is 5.72. The monoisotopic (exact) mass is 337 g/mol. The van der Waals surface area contributed by atoms with Crippen molar-refractivity contribution in [1.82, 2.24) is 0 Å². The summed E-state index contributed by atoms with van der Waals surface area (Å²) in [5, 5.41) is 3.17. The zero-order valence-corrected chi connectivity index (χ0v) is 15.1. The SMILES string of the molecule is C[Si](C)(C)C#CC(=O)/C=C(\Nc1ccc(F)cc1)c1ccccc1. The van der Waals surface area contributed by atoms with Gasteiger partial charge in [0.1, 0.15) is 13.9 Å². The molecule has 0 spiro atoms. The van der Waals surface area contributed by atoms with Crippen LogP contribution in [0, 0.1) is 17.3 Å². The van der Waals surface area contributed by atoms with Crippen LogP contribution in [0.3, 0.4) is 0 Å². The molecule has 0 bridgehead atoms. The van der Waals surface area contributed by atoms with E-state index < -0.39 is 8.07 Å². The van der Waals surface area contributed by atoms with Crippen LogP contribution < -0.4 is 5.32 Å². The van der Waals surface area contributed by atoms with Crippen molar-refractivity contribution < 1.29 is 9.18 Å². The van der Waals surface area contributed by atoms with Gasteiger partial charge in [-0.05, 0) is 35.7 Å². The first kappa shape index (κ1) is 17.7. The van der Waals surface area contributed by atoms with Gasteiger partial charge in [0.25, 0.3) is 0 Å². The molecule has 24 heavy (non-hydrogen) atoms. The Morgan fingerprint density at radius 3 is 2.25 bits per heavy atom. The summed E-state index contributed by atoms with van der Waals surface area (Å²) < 4.78 is 13.1. The van der Waals surface area contributed by atoms with Crippen molar-refractivity contribution in [2.45, 2.75) is 19.6 Å². The van der Waals surface area contributed by atoms with E-state index >= 15 is 0 Å². The van der Waals surface area contributed by atoms with E-state index in [1.807, 2.05) is 30.3 Å². The lowest BCUT2D eigenvalue weighted by Gasteiger charge is -2.11. The molecule has 4 heteroatoms. The van der Waals surface area contributed by atoms with E-state index in [4.69, 9.17) is 0 Å². The Labute approximate surface area is 143 Å². The van der Waals surface area contributed by atoms with E-state index in [-0.39, 0.29) is 11.6 Å². The van der Waals surface area contributed by atoms with Gasteiger partial charge >= 0.3 is 0 Å². The Morgan fingerprint density at radius 1 is 1.04 bits per heavy atom. The molecular formula is C20H20FNOSi. The van der Waals surface area contributed by atoms with Gasteiger partial charge in [-0.3, -0.25) is 4.79 Å². The summed E-state index contributed by atoms with van der Waals surface area (Å²) in [6.07, 6.45) is 1.49. The fourth-order valence-corrected chi connectivity index (χ4v) is 2.41. The molecule has 0 aliphatic heterocycles. The molecule has 0 aliphatic carbocycles. The van der Waals surface area contributed by atoms with Gasteiger partial charge in [0, 0.05) is 11.8 Å². The molecule has 0 saturated carbocycles. The van der Waals surface area contributed by atoms with Gasteiger partial charge in [-0.25, -0.2) is 4.39 Å². The molecule has 0 saturated heterocycles. The van der Waals surface area contributed by atoms with Crippen LogP contribution >= 0.6 is 0 Å². The number of anilines is 1. The van der Waals surface area contributed by atoms with Crippen molar-refractivity contribution in [3.05, 3.63) is 72.1 Å². The topological polar surface area (TPSA) is 29.1 Å². The second-order valence-corrected chi connectivity index (χ2v) is 11.2. The van der Waals surface area contributed by atoms with Gasteiger partial charge in [0.2, 0.25) is 5.78 Å². The zero-order valence-electron chi connectivity index (χ0n) is 14.1. The number of rotatable bonds is 4. The van der Waals surface area contributed by atoms with Crippen LogP contribution in [-0.4, -0.2) is 13.9 Å². The first-order valence-electron chi connectivity index (χ1n) is 7.70. The summed E-state index contributed by atoms with van der Waals surface area (Å²) in [7, 11) is -1.60. The Balaban J connectivity index is 2.32. The normalized spacial score (nSPS) is 11.4. The predicted molar refractivity (Wildman–Crippen MR) is 101 cm³/mol. The molecule has 0 aromatic heterocycles. The maximum absolute atomic E-state index is 13.1. The second-order valence-electron chi connectivity index (χ2n) is 6.42. The fourth-order valence-electron chi connectivity index (χ4n) is 1.91. The molecule has 0 radical (unpaired) electrons. The molecule has 2 aromatic carbocycles. The first-order chi connectivity index (χ1) is 11.3. The molecular weight excluding hydrogens is 317 g/mol. The predicted octanol–water partition coefficient (Wildman–Crippen LogP) is 4.73. The average Bonchev–Trinajstić information content (AvgIpc) is 2.54. The number of nitrogens with one attached hydrogen (secondary N) is 1. The number of carbonyl (C=O) groups excluding carboxylic acids is 1. The molecule has 2 rings (SSSR count). The first-order valence-corrected chi connectivity index (χ1v) is 11.2. The Hall–Kier alpha value is -2.64. The molecule has 2 nitrogen and oxygen atoms in total. The lowest BCUT2D eigenvalue weighted by Crippen LogP contribution is -2.17. The number of allylic oxidation sites excluding steroid dienone is 1. The van der Waals surface area contributed by atoms with Gasteiger partial charge < -0.3 is 5.32 Å². The maximum atomic E-state index is 13.1. The van der Waals surface area contributed by atoms with E-state index in [1.54, 1.807) is 12.1 Å². The highest BCUT2D eigenvalue weighted by Gasteiger charge is 2.09. The van der Waals surface area contributed by atoms with Crippen molar-refractivity contribution in [1.29, 1.82) is 0 Å². The third-order valence-corrected chi connectivity index (χ3v) is 3.92. The molecule has 1 N–H and O–H groups in total. The Bertz CT molecular complexity index is 794. The van der Waals surface area contributed by atoms with Gasteiger partial charge in [-0.15, -0.1) is 5.54 Å². The van der Waals surface area contributed by atoms with E-state index in [2.05, 4.69) is 36.4 Å². The van der Waals surface area contributed by atoms with Gasteiger partial charge in [0.05, 0.1) is 5.70 Å². The van der Waals surface area contributed by atoms with Crippen molar-refractivity contribution in [3.63, 3.8) is 0 Å². The smallest absolute Gasteiger partial charge is 0.230 e. The number of hydrogen-bond donors (Lipinski definition) is 1. The van der Waals surface area contributed by atoms with E-state index in [1.165, 1.54) is 18.2 Å². The minimum absolute atomic E-state index is 0.245. The van der Waals surface area contributed by atoms with Crippen molar-refractivity contribution >= 4 is 25.2 Å². The van der Waals surface area contributed by atoms with Crippen LogP contribution in [0.5, 0.6) is 0 Å². The van der Waals surface area contributed by atoms with Crippen molar-refractivity contribution in [2.75, 3.05) is 5.32 Å². The molecule has 0 heterocycles. The maximum Gasteiger partial charge on any atom is 0.230 e. The van der Waals surface area contributed by atoms with Crippen LogP contribution in [0.25, 0.3) is 5.70 Å². The number of ketones is 1. The molecule has 0 amide bonds. The van der Waals surface area contributed by atoms with E-state index in [0.29, 0.717) is 11.4 Å². The minimum Gasteiger partial charge on any atom is -0.355 e. The molecule has 0 unspecified atom stereocenters. The molecule has 0 fully saturated rings. The lowest BCUT2D eigenvalue weighted by molar-refractivity contribution is -0.109. The molecule has 122 valence electrons. The summed E-state index contributed by atoms with van der Waals surface area (Å²) in [4.78, 5) is 12.2. The van der Waals surface area contributed by atoms with Gasteiger partial charge in [0.15, 0.2) is 0 Å². The van der Waals surface area contributed by atoms with Gasteiger partial charge in [-0.2, -0.15) is 0 Å². The summed E-state index contributed by atoms with van der Waals surface area (Å²) in [5.74, 6) is 2.17. The third kappa shape index (κ3) is 5.86.